The highest BCUT2D eigenvalue weighted by atomic mass is 19.1. The number of benzene rings is 2. The number of para-hydroxylation sites is 1. The number of ether oxygens (including phenoxy) is 1. The van der Waals surface area contributed by atoms with Crippen molar-refractivity contribution in [2.24, 2.45) is 0 Å². The van der Waals surface area contributed by atoms with Gasteiger partial charge in [0.1, 0.15) is 11.6 Å². The monoisotopic (exact) mass is 354 g/mol. The van der Waals surface area contributed by atoms with E-state index in [4.69, 9.17) is 4.74 Å². The third-order valence-electron chi connectivity index (χ3n) is 5.25. The Morgan fingerprint density at radius 1 is 1.15 bits per heavy atom. The quantitative estimate of drug-likeness (QED) is 0.922. The number of halogens is 1. The van der Waals surface area contributed by atoms with Gasteiger partial charge in [0.15, 0.2) is 6.61 Å². The maximum atomic E-state index is 13.2. The van der Waals surface area contributed by atoms with Crippen LogP contribution in [0.1, 0.15) is 18.4 Å². The first-order valence-electron chi connectivity index (χ1n) is 8.66. The Hall–Kier alpha value is -2.89. The van der Waals surface area contributed by atoms with Crippen molar-refractivity contribution in [2.75, 3.05) is 25.0 Å². The summed E-state index contributed by atoms with van der Waals surface area (Å²) < 4.78 is 18.5. The van der Waals surface area contributed by atoms with Crippen LogP contribution in [0.2, 0.25) is 0 Å². The number of hydrogen-bond donors (Lipinski definition) is 1. The molecular formula is C20H19FN2O3. The van der Waals surface area contributed by atoms with Gasteiger partial charge < -0.3 is 15.0 Å². The van der Waals surface area contributed by atoms with Crippen LogP contribution in [0.4, 0.5) is 10.1 Å². The van der Waals surface area contributed by atoms with E-state index in [9.17, 15) is 14.0 Å². The number of rotatable bonds is 3. The highest BCUT2D eigenvalue weighted by molar-refractivity contribution is 6.06. The molecule has 26 heavy (non-hydrogen) atoms. The summed E-state index contributed by atoms with van der Waals surface area (Å²) in [4.78, 5) is 26.7. The number of likely N-dealkylation sites (tertiary alicyclic amines) is 1. The molecule has 0 saturated carbocycles. The second kappa shape index (κ2) is 6.44. The van der Waals surface area contributed by atoms with Crippen LogP contribution < -0.4 is 10.1 Å². The number of nitrogens with zero attached hydrogens (tertiary/aromatic N) is 1. The lowest BCUT2D eigenvalue weighted by Gasteiger charge is -2.37. The minimum atomic E-state index is -0.545. The van der Waals surface area contributed by atoms with E-state index in [-0.39, 0.29) is 18.4 Å². The maximum absolute atomic E-state index is 13.2. The maximum Gasteiger partial charge on any atom is 0.260 e. The number of piperidine rings is 1. The predicted molar refractivity (Wildman–Crippen MR) is 94.5 cm³/mol. The van der Waals surface area contributed by atoms with E-state index in [1.54, 1.807) is 11.0 Å². The molecule has 134 valence electrons. The molecule has 2 amide bonds. The molecule has 0 aliphatic carbocycles. The first-order chi connectivity index (χ1) is 12.6. The van der Waals surface area contributed by atoms with E-state index in [1.807, 2.05) is 24.3 Å². The molecule has 0 bridgehead atoms. The highest BCUT2D eigenvalue weighted by Gasteiger charge is 2.48. The lowest BCUT2D eigenvalue weighted by atomic mass is 9.73. The van der Waals surface area contributed by atoms with Gasteiger partial charge in [-0.25, -0.2) is 4.39 Å². The van der Waals surface area contributed by atoms with Crippen LogP contribution in [0.3, 0.4) is 0 Å². The summed E-state index contributed by atoms with van der Waals surface area (Å²) in [5.74, 6) is -0.214. The lowest BCUT2D eigenvalue weighted by Crippen LogP contribution is -2.49. The Kier molecular flexibility index (Phi) is 4.11. The Labute approximate surface area is 150 Å². The molecule has 1 fully saturated rings. The zero-order valence-electron chi connectivity index (χ0n) is 14.2. The van der Waals surface area contributed by atoms with Crippen molar-refractivity contribution in [2.45, 2.75) is 18.3 Å². The third-order valence-corrected chi connectivity index (χ3v) is 5.25. The summed E-state index contributed by atoms with van der Waals surface area (Å²) in [5.41, 5.74) is 1.34. The molecule has 1 N–H and O–H groups in total. The van der Waals surface area contributed by atoms with Crippen molar-refractivity contribution >= 4 is 17.5 Å². The van der Waals surface area contributed by atoms with Crippen LogP contribution in [0.5, 0.6) is 5.75 Å². The van der Waals surface area contributed by atoms with Gasteiger partial charge in [-0.1, -0.05) is 24.3 Å². The Morgan fingerprint density at radius 2 is 1.92 bits per heavy atom. The van der Waals surface area contributed by atoms with Crippen LogP contribution in [0, 0.1) is 5.82 Å². The molecule has 0 atom stereocenters. The minimum Gasteiger partial charge on any atom is -0.484 e. The Balaban J connectivity index is 1.39. The predicted octanol–water partition coefficient (Wildman–Crippen LogP) is 2.72. The van der Waals surface area contributed by atoms with Gasteiger partial charge in [0.05, 0.1) is 5.41 Å². The molecule has 0 radical (unpaired) electrons. The zero-order chi connectivity index (χ0) is 18.1. The largest absolute Gasteiger partial charge is 0.484 e. The smallest absolute Gasteiger partial charge is 0.260 e. The van der Waals surface area contributed by atoms with Crippen molar-refractivity contribution in [3.8, 4) is 5.75 Å². The van der Waals surface area contributed by atoms with Crippen molar-refractivity contribution in [3.63, 3.8) is 0 Å². The molecule has 0 aromatic heterocycles. The summed E-state index contributed by atoms with van der Waals surface area (Å²) in [6, 6.07) is 13.5. The van der Waals surface area contributed by atoms with Crippen molar-refractivity contribution in [3.05, 3.63) is 59.9 Å². The molecule has 2 heterocycles. The van der Waals surface area contributed by atoms with E-state index >= 15 is 0 Å². The standard InChI is InChI=1S/C20H19FN2O3/c21-14-4-3-5-15(12-14)26-13-18(24)23-10-8-20(9-11-23)16-6-1-2-7-17(16)22-19(20)25/h1-7,12H,8-11,13H2,(H,22,25). The van der Waals surface area contributed by atoms with Crippen LogP contribution in [-0.2, 0) is 15.0 Å². The summed E-state index contributed by atoms with van der Waals surface area (Å²) in [6.07, 6.45) is 1.17. The van der Waals surface area contributed by atoms with Crippen molar-refractivity contribution in [1.82, 2.24) is 4.90 Å². The van der Waals surface area contributed by atoms with Gasteiger partial charge in [0, 0.05) is 24.8 Å². The first-order valence-corrected chi connectivity index (χ1v) is 8.66. The Morgan fingerprint density at radius 3 is 2.69 bits per heavy atom. The van der Waals surface area contributed by atoms with E-state index in [0.717, 1.165) is 11.3 Å². The van der Waals surface area contributed by atoms with E-state index < -0.39 is 11.2 Å². The fourth-order valence-electron chi connectivity index (χ4n) is 3.80. The van der Waals surface area contributed by atoms with Crippen LogP contribution in [0.15, 0.2) is 48.5 Å². The molecule has 2 aromatic carbocycles. The summed E-state index contributed by atoms with van der Waals surface area (Å²) >= 11 is 0. The number of anilines is 1. The van der Waals surface area contributed by atoms with Gasteiger partial charge >= 0.3 is 0 Å². The van der Waals surface area contributed by atoms with Gasteiger partial charge in [-0.05, 0) is 36.6 Å². The van der Waals surface area contributed by atoms with Crippen LogP contribution >= 0.6 is 0 Å². The molecule has 4 rings (SSSR count). The Bertz CT molecular complexity index is 860. The number of carbonyl (C=O) groups is 2. The zero-order valence-corrected chi connectivity index (χ0v) is 14.2. The fraction of sp³-hybridized carbons (Fsp3) is 0.300. The van der Waals surface area contributed by atoms with Crippen molar-refractivity contribution in [1.29, 1.82) is 0 Å². The van der Waals surface area contributed by atoms with Crippen LogP contribution in [-0.4, -0.2) is 36.4 Å². The molecule has 0 unspecified atom stereocenters. The molecule has 1 saturated heterocycles. The summed E-state index contributed by atoms with van der Waals surface area (Å²) in [6.45, 7) is 0.847. The molecule has 2 aromatic rings. The summed E-state index contributed by atoms with van der Waals surface area (Å²) in [7, 11) is 0. The summed E-state index contributed by atoms with van der Waals surface area (Å²) in [5, 5.41) is 2.95. The van der Waals surface area contributed by atoms with Crippen LogP contribution in [0.25, 0.3) is 0 Å². The lowest BCUT2D eigenvalue weighted by molar-refractivity contribution is -0.137. The van der Waals surface area contributed by atoms with Gasteiger partial charge in [0.2, 0.25) is 5.91 Å². The fourth-order valence-corrected chi connectivity index (χ4v) is 3.80. The molecule has 5 nitrogen and oxygen atoms in total. The molecule has 2 aliphatic heterocycles. The van der Waals surface area contributed by atoms with E-state index in [0.29, 0.717) is 31.7 Å². The first kappa shape index (κ1) is 16.6. The van der Waals surface area contributed by atoms with Gasteiger partial charge in [0.25, 0.3) is 5.91 Å². The average Bonchev–Trinajstić information content (AvgIpc) is 2.92. The van der Waals surface area contributed by atoms with Gasteiger partial charge in [-0.3, -0.25) is 9.59 Å². The van der Waals surface area contributed by atoms with Gasteiger partial charge in [-0.2, -0.15) is 0 Å². The number of amides is 2. The SMILES string of the molecule is O=C(COc1cccc(F)c1)N1CCC2(CC1)C(=O)Nc1ccccc12. The third kappa shape index (κ3) is 2.81. The number of hydrogen-bond acceptors (Lipinski definition) is 3. The van der Waals surface area contributed by atoms with E-state index in [1.165, 1.54) is 18.2 Å². The van der Waals surface area contributed by atoms with Gasteiger partial charge in [-0.15, -0.1) is 0 Å². The molecule has 2 aliphatic rings. The van der Waals surface area contributed by atoms with E-state index in [2.05, 4.69) is 5.32 Å². The normalized spacial score (nSPS) is 17.7. The highest BCUT2D eigenvalue weighted by Crippen LogP contribution is 2.44. The number of nitrogens with one attached hydrogen (secondary N) is 1. The topological polar surface area (TPSA) is 58.6 Å². The molecule has 1 spiro atoms. The molecular weight excluding hydrogens is 335 g/mol. The second-order valence-corrected chi connectivity index (χ2v) is 6.71. The number of carbonyl (C=O) groups excluding carboxylic acids is 2. The average molecular weight is 354 g/mol. The minimum absolute atomic E-state index is 0.0156. The van der Waals surface area contributed by atoms with Crippen molar-refractivity contribution < 1.29 is 18.7 Å². The molecule has 6 heteroatoms. The number of fused-ring (bicyclic) bond motifs is 2. The second-order valence-electron chi connectivity index (χ2n) is 6.71.